The van der Waals surface area contributed by atoms with E-state index in [4.69, 9.17) is 4.74 Å². The van der Waals surface area contributed by atoms with Gasteiger partial charge in [-0.05, 0) is 13.8 Å². The summed E-state index contributed by atoms with van der Waals surface area (Å²) in [5.74, 6) is -0.149. The summed E-state index contributed by atoms with van der Waals surface area (Å²) in [6.07, 6.45) is 0. The molecule has 1 saturated heterocycles. The van der Waals surface area contributed by atoms with Crippen molar-refractivity contribution in [1.29, 1.82) is 0 Å². The largest absolute Gasteiger partial charge is 0.465 e. The molecule has 0 aromatic carbocycles. The van der Waals surface area contributed by atoms with Crippen LogP contribution in [0.3, 0.4) is 0 Å². The molecule has 0 aromatic heterocycles. The molecule has 1 aliphatic heterocycles. The topological polar surface area (TPSA) is 41.6 Å². The van der Waals surface area contributed by atoms with Crippen molar-refractivity contribution in [2.75, 3.05) is 32.8 Å². The van der Waals surface area contributed by atoms with Gasteiger partial charge in [0.05, 0.1) is 6.61 Å². The van der Waals surface area contributed by atoms with Gasteiger partial charge in [-0.1, -0.05) is 12.2 Å². The lowest BCUT2D eigenvalue weighted by Gasteiger charge is -2.32. The zero-order valence-electron chi connectivity index (χ0n) is 9.58. The van der Waals surface area contributed by atoms with Crippen molar-refractivity contribution in [3.05, 3.63) is 12.2 Å². The van der Waals surface area contributed by atoms with Crippen molar-refractivity contribution in [3.8, 4) is 0 Å². The van der Waals surface area contributed by atoms with E-state index < -0.39 is 0 Å². The van der Waals surface area contributed by atoms with Gasteiger partial charge in [0, 0.05) is 26.2 Å². The lowest BCUT2D eigenvalue weighted by atomic mass is 10.2. The second kappa shape index (κ2) is 5.88. The van der Waals surface area contributed by atoms with Gasteiger partial charge in [-0.2, -0.15) is 0 Å². The number of hydrogen-bond donors (Lipinski definition) is 1. The predicted molar refractivity (Wildman–Crippen MR) is 59.7 cm³/mol. The average molecular weight is 212 g/mol. The molecular weight excluding hydrogens is 192 g/mol. The third kappa shape index (κ3) is 4.01. The average Bonchev–Trinajstić information content (AvgIpc) is 2.17. The van der Waals surface area contributed by atoms with Gasteiger partial charge in [-0.3, -0.25) is 9.69 Å². The van der Waals surface area contributed by atoms with Gasteiger partial charge < -0.3 is 10.1 Å². The SMILES string of the molecule is C=C(C)CN1CCNC(C(=O)OCC)C1. The van der Waals surface area contributed by atoms with Gasteiger partial charge >= 0.3 is 5.97 Å². The molecule has 1 atom stereocenters. The Labute approximate surface area is 91.3 Å². The van der Waals surface area contributed by atoms with Crippen LogP contribution in [0.25, 0.3) is 0 Å². The summed E-state index contributed by atoms with van der Waals surface area (Å²) in [7, 11) is 0. The van der Waals surface area contributed by atoms with E-state index in [0.29, 0.717) is 13.2 Å². The minimum absolute atomic E-state index is 0.149. The third-order valence-electron chi connectivity index (χ3n) is 2.32. The highest BCUT2D eigenvalue weighted by molar-refractivity contribution is 5.76. The first-order valence-electron chi connectivity index (χ1n) is 5.40. The van der Waals surface area contributed by atoms with Crippen molar-refractivity contribution in [2.45, 2.75) is 19.9 Å². The Bertz CT molecular complexity index is 241. The van der Waals surface area contributed by atoms with E-state index in [9.17, 15) is 4.79 Å². The fourth-order valence-electron chi connectivity index (χ4n) is 1.74. The van der Waals surface area contributed by atoms with Crippen LogP contribution in [0.1, 0.15) is 13.8 Å². The Balaban J connectivity index is 2.41. The molecule has 0 radical (unpaired) electrons. The van der Waals surface area contributed by atoms with Crippen molar-refractivity contribution in [2.24, 2.45) is 0 Å². The quantitative estimate of drug-likeness (QED) is 0.541. The molecule has 0 amide bonds. The maximum atomic E-state index is 11.5. The summed E-state index contributed by atoms with van der Waals surface area (Å²) in [6.45, 7) is 11.5. The van der Waals surface area contributed by atoms with Crippen LogP contribution in [0, 0.1) is 0 Å². The molecule has 15 heavy (non-hydrogen) atoms. The zero-order chi connectivity index (χ0) is 11.3. The van der Waals surface area contributed by atoms with Gasteiger partial charge in [0.15, 0.2) is 0 Å². The van der Waals surface area contributed by atoms with Gasteiger partial charge in [0.25, 0.3) is 0 Å². The minimum atomic E-state index is -0.182. The molecule has 1 fully saturated rings. The van der Waals surface area contributed by atoms with Crippen LogP contribution >= 0.6 is 0 Å². The molecule has 0 bridgehead atoms. The Kier molecular flexibility index (Phi) is 4.78. The molecule has 1 heterocycles. The van der Waals surface area contributed by atoms with Crippen LogP contribution in [0.2, 0.25) is 0 Å². The van der Waals surface area contributed by atoms with Crippen LogP contribution in [0.5, 0.6) is 0 Å². The standard InChI is InChI=1S/C11H20N2O2/c1-4-15-11(14)10-8-13(6-5-12-10)7-9(2)3/h10,12H,2,4-8H2,1,3H3. The number of nitrogens with one attached hydrogen (secondary N) is 1. The number of piperazine rings is 1. The predicted octanol–water partition coefficient (Wildman–Crippen LogP) is 0.399. The van der Waals surface area contributed by atoms with E-state index in [2.05, 4.69) is 16.8 Å². The molecular formula is C11H20N2O2. The van der Waals surface area contributed by atoms with Gasteiger partial charge in [-0.25, -0.2) is 0 Å². The smallest absolute Gasteiger partial charge is 0.324 e. The summed E-state index contributed by atoms with van der Waals surface area (Å²) >= 11 is 0. The Hall–Kier alpha value is -0.870. The molecule has 1 N–H and O–H groups in total. The van der Waals surface area contributed by atoms with E-state index in [1.54, 1.807) is 0 Å². The van der Waals surface area contributed by atoms with Crippen molar-refractivity contribution in [3.63, 3.8) is 0 Å². The second-order valence-corrected chi connectivity index (χ2v) is 3.95. The maximum Gasteiger partial charge on any atom is 0.324 e. The molecule has 0 aliphatic carbocycles. The number of hydrogen-bond acceptors (Lipinski definition) is 4. The maximum absolute atomic E-state index is 11.5. The Morgan fingerprint density at radius 3 is 3.00 bits per heavy atom. The molecule has 1 aliphatic rings. The molecule has 0 saturated carbocycles. The first-order chi connectivity index (χ1) is 7.13. The first kappa shape index (κ1) is 12.2. The lowest BCUT2D eigenvalue weighted by Crippen LogP contribution is -2.54. The Morgan fingerprint density at radius 1 is 1.67 bits per heavy atom. The van der Waals surface area contributed by atoms with Crippen LogP contribution < -0.4 is 5.32 Å². The van der Waals surface area contributed by atoms with Crippen LogP contribution in [-0.4, -0.2) is 49.7 Å². The summed E-state index contributed by atoms with van der Waals surface area (Å²) in [6, 6.07) is -0.182. The molecule has 86 valence electrons. The number of esters is 1. The number of carbonyl (C=O) groups excluding carboxylic acids is 1. The highest BCUT2D eigenvalue weighted by Crippen LogP contribution is 2.03. The van der Waals surface area contributed by atoms with Crippen molar-refractivity contribution in [1.82, 2.24) is 10.2 Å². The molecule has 4 heteroatoms. The van der Waals surface area contributed by atoms with E-state index in [-0.39, 0.29) is 12.0 Å². The molecule has 1 rings (SSSR count). The van der Waals surface area contributed by atoms with Gasteiger partial charge in [-0.15, -0.1) is 0 Å². The van der Waals surface area contributed by atoms with Crippen molar-refractivity contribution >= 4 is 5.97 Å². The molecule has 1 unspecified atom stereocenters. The van der Waals surface area contributed by atoms with Crippen molar-refractivity contribution < 1.29 is 9.53 Å². The fourth-order valence-corrected chi connectivity index (χ4v) is 1.74. The summed E-state index contributed by atoms with van der Waals surface area (Å²) < 4.78 is 4.98. The zero-order valence-corrected chi connectivity index (χ0v) is 9.58. The normalized spacial score (nSPS) is 22.4. The molecule has 0 aromatic rings. The summed E-state index contributed by atoms with van der Waals surface area (Å²) in [5.41, 5.74) is 1.12. The van der Waals surface area contributed by atoms with E-state index >= 15 is 0 Å². The minimum Gasteiger partial charge on any atom is -0.465 e. The first-order valence-corrected chi connectivity index (χ1v) is 5.40. The van der Waals surface area contributed by atoms with Gasteiger partial charge in [0.1, 0.15) is 6.04 Å². The highest BCUT2D eigenvalue weighted by Gasteiger charge is 2.25. The Morgan fingerprint density at radius 2 is 2.40 bits per heavy atom. The molecule has 4 nitrogen and oxygen atoms in total. The van der Waals surface area contributed by atoms with Gasteiger partial charge in [0.2, 0.25) is 0 Å². The fraction of sp³-hybridized carbons (Fsp3) is 0.727. The van der Waals surface area contributed by atoms with Crippen LogP contribution in [-0.2, 0) is 9.53 Å². The lowest BCUT2D eigenvalue weighted by molar-refractivity contribution is -0.146. The van der Waals surface area contributed by atoms with Crippen LogP contribution in [0.15, 0.2) is 12.2 Å². The van der Waals surface area contributed by atoms with E-state index in [1.165, 1.54) is 0 Å². The van der Waals surface area contributed by atoms with Crippen LogP contribution in [0.4, 0.5) is 0 Å². The monoisotopic (exact) mass is 212 g/mol. The highest BCUT2D eigenvalue weighted by atomic mass is 16.5. The molecule has 0 spiro atoms. The number of rotatable bonds is 4. The second-order valence-electron chi connectivity index (χ2n) is 3.95. The number of nitrogens with zero attached hydrogens (tertiary/aromatic N) is 1. The summed E-state index contributed by atoms with van der Waals surface area (Å²) in [4.78, 5) is 13.7. The number of carbonyl (C=O) groups is 1. The summed E-state index contributed by atoms with van der Waals surface area (Å²) in [5, 5.41) is 3.16. The number of ether oxygens (including phenoxy) is 1. The third-order valence-corrected chi connectivity index (χ3v) is 2.32. The van der Waals surface area contributed by atoms with E-state index in [1.807, 2.05) is 13.8 Å². The van der Waals surface area contributed by atoms with E-state index in [0.717, 1.165) is 25.2 Å².